The molecular formula is C15H12I2O2. The Balaban J connectivity index is 2.67. The number of hydrogen-bond acceptors (Lipinski definition) is 2. The third kappa shape index (κ3) is 2.65. The SMILES string of the molecule is Cc1c(I)c(C)c(C(=O)c2ccccc2)c(O)c1I. The zero-order chi connectivity index (χ0) is 14.2. The van der Waals surface area contributed by atoms with E-state index in [2.05, 4.69) is 45.2 Å². The quantitative estimate of drug-likeness (QED) is 0.512. The van der Waals surface area contributed by atoms with Crippen LogP contribution in [0.15, 0.2) is 30.3 Å². The fourth-order valence-electron chi connectivity index (χ4n) is 1.96. The minimum absolute atomic E-state index is 0.0878. The van der Waals surface area contributed by atoms with E-state index in [0.29, 0.717) is 11.1 Å². The highest BCUT2D eigenvalue weighted by molar-refractivity contribution is 14.1. The van der Waals surface area contributed by atoms with Gasteiger partial charge in [0, 0.05) is 9.13 Å². The second kappa shape index (κ2) is 5.78. The van der Waals surface area contributed by atoms with E-state index in [1.54, 1.807) is 12.1 Å². The molecule has 2 rings (SSSR count). The Morgan fingerprint density at radius 2 is 1.58 bits per heavy atom. The van der Waals surface area contributed by atoms with Crippen LogP contribution >= 0.6 is 45.2 Å². The number of halogens is 2. The van der Waals surface area contributed by atoms with Gasteiger partial charge in [0.15, 0.2) is 5.78 Å². The Morgan fingerprint density at radius 1 is 1.00 bits per heavy atom. The van der Waals surface area contributed by atoms with Crippen molar-refractivity contribution in [3.63, 3.8) is 0 Å². The lowest BCUT2D eigenvalue weighted by atomic mass is 9.96. The number of carbonyl (C=O) groups is 1. The first-order valence-electron chi connectivity index (χ1n) is 5.72. The summed E-state index contributed by atoms with van der Waals surface area (Å²) in [6.45, 7) is 3.83. The van der Waals surface area contributed by atoms with Crippen molar-refractivity contribution in [2.45, 2.75) is 13.8 Å². The van der Waals surface area contributed by atoms with Crippen molar-refractivity contribution >= 4 is 51.0 Å². The van der Waals surface area contributed by atoms with Crippen molar-refractivity contribution in [2.24, 2.45) is 0 Å². The summed E-state index contributed by atoms with van der Waals surface area (Å²) < 4.78 is 1.77. The smallest absolute Gasteiger partial charge is 0.197 e. The lowest BCUT2D eigenvalue weighted by Gasteiger charge is -2.14. The van der Waals surface area contributed by atoms with Crippen LogP contribution in [0.5, 0.6) is 5.75 Å². The molecule has 0 atom stereocenters. The van der Waals surface area contributed by atoms with Crippen molar-refractivity contribution in [2.75, 3.05) is 0 Å². The molecule has 0 unspecified atom stereocenters. The maximum Gasteiger partial charge on any atom is 0.197 e. The Labute approximate surface area is 139 Å². The molecule has 2 aromatic carbocycles. The fourth-order valence-corrected chi connectivity index (χ4v) is 3.56. The van der Waals surface area contributed by atoms with Gasteiger partial charge in [0.25, 0.3) is 0 Å². The molecule has 19 heavy (non-hydrogen) atoms. The standard InChI is InChI=1S/C15H12I2O2/c1-8-11(14(18)10-6-4-3-5-7-10)15(19)13(17)9(2)12(8)16/h3-7,19H,1-2H3. The summed E-state index contributed by atoms with van der Waals surface area (Å²) in [7, 11) is 0. The maximum atomic E-state index is 12.5. The second-order valence-corrected chi connectivity index (χ2v) is 6.45. The summed E-state index contributed by atoms with van der Waals surface area (Å²) in [6.07, 6.45) is 0. The third-order valence-electron chi connectivity index (χ3n) is 3.07. The minimum atomic E-state index is -0.133. The van der Waals surface area contributed by atoms with Gasteiger partial charge in [-0.05, 0) is 70.2 Å². The number of carbonyl (C=O) groups excluding carboxylic acids is 1. The molecular weight excluding hydrogens is 466 g/mol. The zero-order valence-electron chi connectivity index (χ0n) is 10.5. The Bertz CT molecular complexity index is 620. The van der Waals surface area contributed by atoms with Gasteiger partial charge in [0.1, 0.15) is 5.75 Å². The molecule has 0 heterocycles. The van der Waals surface area contributed by atoms with Gasteiger partial charge in [-0.25, -0.2) is 0 Å². The molecule has 0 aliphatic carbocycles. The Kier molecular flexibility index (Phi) is 4.50. The van der Waals surface area contributed by atoms with Gasteiger partial charge in [0.05, 0.1) is 9.13 Å². The zero-order valence-corrected chi connectivity index (χ0v) is 14.8. The molecule has 4 heteroatoms. The largest absolute Gasteiger partial charge is 0.506 e. The maximum absolute atomic E-state index is 12.5. The van der Waals surface area contributed by atoms with Crippen molar-refractivity contribution in [1.29, 1.82) is 0 Å². The third-order valence-corrected chi connectivity index (χ3v) is 6.01. The molecule has 0 aliphatic heterocycles. The average molecular weight is 478 g/mol. The Hall–Kier alpha value is -0.630. The fraction of sp³-hybridized carbons (Fsp3) is 0.133. The number of phenols is 1. The molecule has 0 amide bonds. The van der Waals surface area contributed by atoms with Crippen LogP contribution in [-0.2, 0) is 0 Å². The van der Waals surface area contributed by atoms with E-state index in [0.717, 1.165) is 18.3 Å². The van der Waals surface area contributed by atoms with Gasteiger partial charge in [0.2, 0.25) is 0 Å². The van der Waals surface area contributed by atoms with E-state index in [1.807, 2.05) is 32.0 Å². The average Bonchev–Trinajstić information content (AvgIpc) is 2.44. The molecule has 2 nitrogen and oxygen atoms in total. The topological polar surface area (TPSA) is 37.3 Å². The summed E-state index contributed by atoms with van der Waals surface area (Å²) in [5.74, 6) is -0.0451. The van der Waals surface area contributed by atoms with Crippen LogP contribution in [0.3, 0.4) is 0 Å². The molecule has 1 N–H and O–H groups in total. The molecule has 0 saturated carbocycles. The highest BCUT2D eigenvalue weighted by Crippen LogP contribution is 2.35. The van der Waals surface area contributed by atoms with Crippen LogP contribution in [0, 0.1) is 21.0 Å². The van der Waals surface area contributed by atoms with Crippen molar-refractivity contribution in [3.8, 4) is 5.75 Å². The lowest BCUT2D eigenvalue weighted by molar-refractivity contribution is 0.103. The van der Waals surface area contributed by atoms with Gasteiger partial charge in [-0.2, -0.15) is 0 Å². The van der Waals surface area contributed by atoms with Gasteiger partial charge in [-0.3, -0.25) is 4.79 Å². The first-order chi connectivity index (χ1) is 8.95. The molecule has 0 bridgehead atoms. The highest BCUT2D eigenvalue weighted by atomic mass is 127. The molecule has 0 radical (unpaired) electrons. The lowest BCUT2D eigenvalue weighted by Crippen LogP contribution is -2.08. The van der Waals surface area contributed by atoms with Crippen LogP contribution in [0.4, 0.5) is 0 Å². The minimum Gasteiger partial charge on any atom is -0.506 e. The Morgan fingerprint density at radius 3 is 2.16 bits per heavy atom. The number of benzene rings is 2. The summed E-state index contributed by atoms with van der Waals surface area (Å²) in [5, 5.41) is 10.3. The van der Waals surface area contributed by atoms with Crippen molar-refractivity contribution in [3.05, 3.63) is 59.7 Å². The van der Waals surface area contributed by atoms with E-state index < -0.39 is 0 Å². The normalized spacial score (nSPS) is 10.5. The summed E-state index contributed by atoms with van der Waals surface area (Å²) in [4.78, 5) is 12.5. The molecule has 0 saturated heterocycles. The predicted octanol–water partition coefficient (Wildman–Crippen LogP) is 4.45. The monoisotopic (exact) mass is 478 g/mol. The first kappa shape index (κ1) is 14.8. The van der Waals surface area contributed by atoms with Gasteiger partial charge in [-0.15, -0.1) is 0 Å². The van der Waals surface area contributed by atoms with Crippen LogP contribution in [0.2, 0.25) is 0 Å². The number of rotatable bonds is 2. The van der Waals surface area contributed by atoms with Gasteiger partial charge < -0.3 is 5.11 Å². The first-order valence-corrected chi connectivity index (χ1v) is 7.87. The van der Waals surface area contributed by atoms with E-state index in [-0.39, 0.29) is 11.5 Å². The number of ketones is 1. The van der Waals surface area contributed by atoms with Crippen molar-refractivity contribution < 1.29 is 9.90 Å². The number of phenolic OH excluding ortho intramolecular Hbond substituents is 1. The molecule has 2 aromatic rings. The molecule has 0 spiro atoms. The summed E-state index contributed by atoms with van der Waals surface area (Å²) >= 11 is 4.30. The van der Waals surface area contributed by atoms with E-state index in [4.69, 9.17) is 0 Å². The van der Waals surface area contributed by atoms with Crippen LogP contribution < -0.4 is 0 Å². The van der Waals surface area contributed by atoms with Crippen LogP contribution in [0.25, 0.3) is 0 Å². The van der Waals surface area contributed by atoms with Crippen LogP contribution in [-0.4, -0.2) is 10.9 Å². The molecule has 0 fully saturated rings. The van der Waals surface area contributed by atoms with Crippen LogP contribution in [0.1, 0.15) is 27.0 Å². The number of hydrogen-bond donors (Lipinski definition) is 1. The number of aromatic hydroxyl groups is 1. The summed E-state index contributed by atoms with van der Waals surface area (Å²) in [5.41, 5.74) is 2.85. The molecule has 0 aliphatic rings. The highest BCUT2D eigenvalue weighted by Gasteiger charge is 2.22. The summed E-state index contributed by atoms with van der Waals surface area (Å²) in [6, 6.07) is 9.04. The van der Waals surface area contributed by atoms with E-state index >= 15 is 0 Å². The molecule has 0 aromatic heterocycles. The van der Waals surface area contributed by atoms with E-state index in [1.165, 1.54) is 0 Å². The van der Waals surface area contributed by atoms with E-state index in [9.17, 15) is 9.90 Å². The molecule has 98 valence electrons. The predicted molar refractivity (Wildman–Crippen MR) is 92.9 cm³/mol. The second-order valence-electron chi connectivity index (χ2n) is 4.30. The van der Waals surface area contributed by atoms with Gasteiger partial charge in [-0.1, -0.05) is 30.3 Å². The van der Waals surface area contributed by atoms with Gasteiger partial charge >= 0.3 is 0 Å². The van der Waals surface area contributed by atoms with Crippen molar-refractivity contribution in [1.82, 2.24) is 0 Å².